The molecule has 4 rings (SSSR count). The number of likely N-dealkylation sites (N-methyl/N-ethyl adjacent to an activating group) is 1. The van der Waals surface area contributed by atoms with Crippen molar-refractivity contribution in [1.29, 1.82) is 0 Å². The maximum absolute atomic E-state index is 12.9. The lowest BCUT2D eigenvalue weighted by Gasteiger charge is -2.25. The molecule has 0 radical (unpaired) electrons. The molecular formula is C30H34ClF3N8O4. The highest BCUT2D eigenvalue weighted by Gasteiger charge is 2.45. The Kier molecular flexibility index (Phi) is 10.2. The second-order valence-electron chi connectivity index (χ2n) is 11.8. The van der Waals surface area contributed by atoms with E-state index in [0.29, 0.717) is 16.3 Å². The van der Waals surface area contributed by atoms with Crippen LogP contribution < -0.4 is 26.0 Å². The third kappa shape index (κ3) is 9.67. The second-order valence-corrected chi connectivity index (χ2v) is 12.3. The topological polar surface area (TPSA) is 150 Å². The van der Waals surface area contributed by atoms with Crippen molar-refractivity contribution in [3.63, 3.8) is 0 Å². The second kappa shape index (κ2) is 13.8. The first-order chi connectivity index (χ1) is 21.5. The van der Waals surface area contributed by atoms with E-state index in [1.165, 1.54) is 19.0 Å². The molecule has 1 saturated carbocycles. The van der Waals surface area contributed by atoms with E-state index in [4.69, 9.17) is 16.3 Å². The number of amides is 3. The molecule has 3 aromatic rings. The van der Waals surface area contributed by atoms with Gasteiger partial charge in [0.1, 0.15) is 0 Å². The molecule has 2 aromatic carbocycles. The fourth-order valence-corrected chi connectivity index (χ4v) is 4.32. The molecule has 1 aliphatic rings. The summed E-state index contributed by atoms with van der Waals surface area (Å²) >= 11 is 6.02. The number of carbonyl (C=O) groups excluding carboxylic acids is 3. The van der Waals surface area contributed by atoms with Crippen LogP contribution in [0.15, 0.2) is 48.5 Å². The summed E-state index contributed by atoms with van der Waals surface area (Å²) in [4.78, 5) is 50.0. The van der Waals surface area contributed by atoms with E-state index in [1.807, 2.05) is 26.0 Å². The van der Waals surface area contributed by atoms with Crippen LogP contribution in [0.25, 0.3) is 0 Å². The van der Waals surface area contributed by atoms with E-state index in [2.05, 4.69) is 36.2 Å². The summed E-state index contributed by atoms with van der Waals surface area (Å²) in [6.07, 6.45) is -3.11. The molecule has 0 unspecified atom stereocenters. The number of halogens is 4. The Morgan fingerprint density at radius 3 is 2.11 bits per heavy atom. The van der Waals surface area contributed by atoms with Gasteiger partial charge in [0.05, 0.1) is 5.54 Å². The molecule has 0 aliphatic heterocycles. The first kappa shape index (κ1) is 34.2. The van der Waals surface area contributed by atoms with Gasteiger partial charge in [-0.3, -0.25) is 14.4 Å². The van der Waals surface area contributed by atoms with Gasteiger partial charge in [0.2, 0.25) is 11.9 Å². The third-order valence-electron chi connectivity index (χ3n) is 6.94. The highest BCUT2D eigenvalue weighted by molar-refractivity contribution is 6.34. The number of aromatic nitrogens is 3. The number of hydrogen-bond acceptors (Lipinski definition) is 9. The van der Waals surface area contributed by atoms with Crippen molar-refractivity contribution in [2.24, 2.45) is 5.41 Å². The number of benzene rings is 2. The van der Waals surface area contributed by atoms with Crippen molar-refractivity contribution in [2.75, 3.05) is 44.4 Å². The van der Waals surface area contributed by atoms with Crippen LogP contribution in [0.4, 0.5) is 30.8 Å². The minimum Gasteiger partial charge on any atom is -0.454 e. The summed E-state index contributed by atoms with van der Waals surface area (Å²) in [7, 11) is 2.95. The molecule has 4 N–H and O–H groups in total. The molecule has 0 saturated heterocycles. The van der Waals surface area contributed by atoms with Crippen molar-refractivity contribution < 1.29 is 32.3 Å². The van der Waals surface area contributed by atoms with E-state index in [9.17, 15) is 27.6 Å². The number of anilines is 3. The number of alkyl halides is 3. The highest BCUT2D eigenvalue weighted by Crippen LogP contribution is 2.48. The molecule has 1 aliphatic carbocycles. The van der Waals surface area contributed by atoms with E-state index in [1.54, 1.807) is 36.4 Å². The van der Waals surface area contributed by atoms with Crippen LogP contribution in [0.1, 0.15) is 42.6 Å². The smallest absolute Gasteiger partial charge is 0.422 e. The summed E-state index contributed by atoms with van der Waals surface area (Å²) < 4.78 is 43.4. The van der Waals surface area contributed by atoms with Gasteiger partial charge in [0.25, 0.3) is 5.91 Å². The van der Waals surface area contributed by atoms with Crippen molar-refractivity contribution in [2.45, 2.75) is 38.4 Å². The molecule has 1 heterocycles. The van der Waals surface area contributed by atoms with E-state index in [-0.39, 0.29) is 30.9 Å². The molecule has 0 spiro atoms. The third-order valence-corrected chi connectivity index (χ3v) is 7.19. The molecule has 1 aromatic heterocycles. The number of carbonyl (C=O) groups is 3. The summed E-state index contributed by atoms with van der Waals surface area (Å²) in [6, 6.07) is 12.9. The SMILES string of the molecule is CN(C)C(=O)C(=O)NCC(C)(C)CNC(=O)c1ccc(Nc2nc(NC3(c4ccc(Cl)cc4)CC3)nc(OCC(F)(F)F)n2)cc1. The normalized spacial score (nSPS) is 13.7. The van der Waals surface area contributed by atoms with Gasteiger partial charge in [-0.1, -0.05) is 37.6 Å². The van der Waals surface area contributed by atoms with Gasteiger partial charge in [-0.25, -0.2) is 0 Å². The van der Waals surface area contributed by atoms with Crippen LogP contribution >= 0.6 is 11.6 Å². The average molecular weight is 663 g/mol. The molecule has 1 fully saturated rings. The van der Waals surface area contributed by atoms with Gasteiger partial charge in [-0.15, -0.1) is 0 Å². The minimum absolute atomic E-state index is 0.0167. The van der Waals surface area contributed by atoms with Crippen molar-refractivity contribution in [3.8, 4) is 6.01 Å². The first-order valence-electron chi connectivity index (χ1n) is 14.2. The minimum atomic E-state index is -4.60. The number of hydrogen-bond donors (Lipinski definition) is 4. The van der Waals surface area contributed by atoms with E-state index in [0.717, 1.165) is 18.4 Å². The van der Waals surface area contributed by atoms with Crippen LogP contribution in [0, 0.1) is 5.41 Å². The van der Waals surface area contributed by atoms with Crippen LogP contribution in [0.5, 0.6) is 6.01 Å². The Hall–Kier alpha value is -4.66. The van der Waals surface area contributed by atoms with Crippen LogP contribution in [0.2, 0.25) is 5.02 Å². The Balaban J connectivity index is 1.41. The van der Waals surface area contributed by atoms with Crippen LogP contribution in [-0.2, 0) is 15.1 Å². The molecule has 246 valence electrons. The van der Waals surface area contributed by atoms with Gasteiger partial charge >= 0.3 is 24.0 Å². The lowest BCUT2D eigenvalue weighted by atomic mass is 9.93. The summed E-state index contributed by atoms with van der Waals surface area (Å²) in [5, 5.41) is 12.1. The number of ether oxygens (including phenoxy) is 1. The Morgan fingerprint density at radius 2 is 1.52 bits per heavy atom. The molecule has 16 heteroatoms. The van der Waals surface area contributed by atoms with Crippen LogP contribution in [0.3, 0.4) is 0 Å². The lowest BCUT2D eigenvalue weighted by molar-refractivity contribution is -0.154. The van der Waals surface area contributed by atoms with Crippen LogP contribution in [-0.4, -0.2) is 77.5 Å². The maximum Gasteiger partial charge on any atom is 0.422 e. The highest BCUT2D eigenvalue weighted by atomic mass is 35.5. The van der Waals surface area contributed by atoms with Crippen molar-refractivity contribution >= 4 is 46.9 Å². The van der Waals surface area contributed by atoms with Crippen molar-refractivity contribution in [3.05, 3.63) is 64.7 Å². The Labute approximate surface area is 268 Å². The zero-order valence-corrected chi connectivity index (χ0v) is 26.3. The fourth-order valence-electron chi connectivity index (χ4n) is 4.19. The zero-order chi connectivity index (χ0) is 33.7. The standard InChI is InChI=1S/C30H34ClF3N8O4/c1-28(2,16-36-23(44)24(45)42(3)4)15-35-22(43)18-5-11-21(12-6-18)37-25-38-26(40-27(39-25)46-17-30(32,33)34)41-29(13-14-29)19-7-9-20(31)10-8-19/h5-12H,13-17H2,1-4H3,(H,35,43)(H,36,44)(H2,37,38,39,40,41). The number of rotatable bonds is 12. The molecule has 0 bridgehead atoms. The van der Waals surface area contributed by atoms with E-state index < -0.39 is 41.6 Å². The zero-order valence-electron chi connectivity index (χ0n) is 25.6. The summed E-state index contributed by atoms with van der Waals surface area (Å²) in [6.45, 7) is 2.44. The van der Waals surface area contributed by atoms with Gasteiger partial charge < -0.3 is 30.9 Å². The van der Waals surface area contributed by atoms with Gasteiger partial charge in [-0.05, 0) is 60.2 Å². The number of nitrogens with one attached hydrogen (secondary N) is 4. The first-order valence-corrected chi connectivity index (χ1v) is 14.6. The molecule has 3 amide bonds. The molecular weight excluding hydrogens is 629 g/mol. The predicted octanol–water partition coefficient (Wildman–Crippen LogP) is 4.27. The molecule has 12 nitrogen and oxygen atoms in total. The largest absolute Gasteiger partial charge is 0.454 e. The predicted molar refractivity (Wildman–Crippen MR) is 165 cm³/mol. The summed E-state index contributed by atoms with van der Waals surface area (Å²) in [5.41, 5.74) is 0.638. The quantitative estimate of drug-likeness (QED) is 0.209. The lowest BCUT2D eigenvalue weighted by Crippen LogP contribution is -2.46. The fraction of sp³-hybridized carbons (Fsp3) is 0.400. The van der Waals surface area contributed by atoms with Gasteiger partial charge in [0, 0.05) is 43.5 Å². The maximum atomic E-state index is 12.9. The molecule has 46 heavy (non-hydrogen) atoms. The summed E-state index contributed by atoms with van der Waals surface area (Å²) in [5.74, 6) is -1.84. The average Bonchev–Trinajstić information content (AvgIpc) is 3.77. The van der Waals surface area contributed by atoms with Crippen molar-refractivity contribution in [1.82, 2.24) is 30.5 Å². The Bertz CT molecular complexity index is 1560. The van der Waals surface area contributed by atoms with Gasteiger partial charge in [0.15, 0.2) is 6.61 Å². The Morgan fingerprint density at radius 1 is 0.913 bits per heavy atom. The molecule has 0 atom stereocenters. The number of nitrogens with zero attached hydrogens (tertiary/aromatic N) is 4. The van der Waals surface area contributed by atoms with E-state index >= 15 is 0 Å². The van der Waals surface area contributed by atoms with Gasteiger partial charge in [-0.2, -0.15) is 28.1 Å². The monoisotopic (exact) mass is 662 g/mol.